The zero-order valence-electron chi connectivity index (χ0n) is 10.9. The van der Waals surface area contributed by atoms with Crippen molar-refractivity contribution in [1.82, 2.24) is 4.57 Å². The zero-order valence-corrected chi connectivity index (χ0v) is 11.6. The maximum atomic E-state index is 12.7. The van der Waals surface area contributed by atoms with Crippen molar-refractivity contribution in [3.63, 3.8) is 0 Å². The van der Waals surface area contributed by atoms with E-state index in [1.54, 1.807) is 0 Å². The first kappa shape index (κ1) is 17.2. The number of ether oxygens (including phenoxy) is 1. The van der Waals surface area contributed by atoms with Gasteiger partial charge in [-0.15, -0.1) is 13.2 Å². The lowest BCUT2D eigenvalue weighted by atomic mass is 10.2. The van der Waals surface area contributed by atoms with Gasteiger partial charge >= 0.3 is 12.5 Å². The Morgan fingerprint density at radius 2 is 1.57 bits per heavy atom. The summed E-state index contributed by atoms with van der Waals surface area (Å²) in [4.78, 5) is 11.8. The number of hydrogen-bond donors (Lipinski definition) is 0. The largest absolute Gasteiger partial charge is 0.573 e. The summed E-state index contributed by atoms with van der Waals surface area (Å²) in [5.41, 5.74) is -2.21. The fourth-order valence-electron chi connectivity index (χ4n) is 1.70. The third kappa shape index (κ3) is 4.19. The van der Waals surface area contributed by atoms with Gasteiger partial charge in [-0.2, -0.15) is 13.2 Å². The average molecular weight is 358 g/mol. The third-order valence-electron chi connectivity index (χ3n) is 2.65. The van der Waals surface area contributed by atoms with Crippen molar-refractivity contribution in [1.29, 1.82) is 0 Å². The molecule has 1 aromatic carbocycles. The predicted octanol–water partition coefficient (Wildman–Crippen LogP) is 4.41. The molecule has 0 radical (unpaired) electrons. The van der Waals surface area contributed by atoms with Gasteiger partial charge in [-0.1, -0.05) is 11.6 Å². The summed E-state index contributed by atoms with van der Waals surface area (Å²) in [6.45, 7) is 0. The number of rotatable bonds is 2. The smallest absolute Gasteiger partial charge is 0.406 e. The highest BCUT2D eigenvalue weighted by atomic mass is 35.5. The number of halogens is 7. The Hall–Kier alpha value is -2.16. The summed E-state index contributed by atoms with van der Waals surface area (Å²) in [7, 11) is 0. The van der Waals surface area contributed by atoms with Gasteiger partial charge in [0.05, 0.1) is 5.56 Å². The van der Waals surface area contributed by atoms with Crippen LogP contribution in [0.3, 0.4) is 0 Å². The average Bonchev–Trinajstić information content (AvgIpc) is 2.40. The van der Waals surface area contributed by atoms with Gasteiger partial charge in [0.2, 0.25) is 0 Å². The Morgan fingerprint density at radius 1 is 1.00 bits per heavy atom. The molecule has 0 fully saturated rings. The van der Waals surface area contributed by atoms with E-state index >= 15 is 0 Å². The molecule has 0 spiro atoms. The van der Waals surface area contributed by atoms with Crippen LogP contribution >= 0.6 is 11.6 Å². The minimum Gasteiger partial charge on any atom is -0.406 e. The van der Waals surface area contributed by atoms with E-state index in [0.717, 1.165) is 24.3 Å². The normalized spacial score (nSPS) is 12.3. The van der Waals surface area contributed by atoms with Crippen LogP contribution in [0.1, 0.15) is 5.56 Å². The molecular weight excluding hydrogens is 352 g/mol. The van der Waals surface area contributed by atoms with E-state index in [2.05, 4.69) is 4.74 Å². The molecule has 0 N–H and O–H groups in total. The fraction of sp³-hybridized carbons (Fsp3) is 0.154. The molecule has 0 aliphatic heterocycles. The second kappa shape index (κ2) is 5.80. The molecule has 23 heavy (non-hydrogen) atoms. The van der Waals surface area contributed by atoms with E-state index in [0.29, 0.717) is 16.8 Å². The van der Waals surface area contributed by atoms with Crippen LogP contribution < -0.4 is 10.3 Å². The summed E-state index contributed by atoms with van der Waals surface area (Å²) < 4.78 is 78.5. The van der Waals surface area contributed by atoms with Gasteiger partial charge in [0, 0.05) is 11.9 Å². The van der Waals surface area contributed by atoms with Gasteiger partial charge in [0.25, 0.3) is 5.56 Å². The van der Waals surface area contributed by atoms with Gasteiger partial charge in [0.15, 0.2) is 0 Å². The highest BCUT2D eigenvalue weighted by Crippen LogP contribution is 2.30. The second-order valence-corrected chi connectivity index (χ2v) is 4.70. The minimum atomic E-state index is -4.90. The predicted molar refractivity (Wildman–Crippen MR) is 68.7 cm³/mol. The number of pyridine rings is 1. The minimum absolute atomic E-state index is 0.0995. The Kier molecular flexibility index (Phi) is 4.34. The molecule has 0 aliphatic carbocycles. The highest BCUT2D eigenvalue weighted by Gasteiger charge is 2.32. The molecule has 1 heterocycles. The number of benzene rings is 1. The van der Waals surface area contributed by atoms with Crippen molar-refractivity contribution >= 4 is 11.6 Å². The SMILES string of the molecule is O=c1c(Cl)cc(C(F)(F)F)cn1-c1ccc(OC(F)(F)F)cc1. The van der Waals surface area contributed by atoms with Crippen LogP contribution in [0, 0.1) is 0 Å². The third-order valence-corrected chi connectivity index (χ3v) is 2.92. The number of alkyl halides is 6. The van der Waals surface area contributed by atoms with E-state index in [9.17, 15) is 31.1 Å². The first-order chi connectivity index (χ1) is 10.5. The second-order valence-electron chi connectivity index (χ2n) is 4.29. The quantitative estimate of drug-likeness (QED) is 0.746. The molecule has 0 unspecified atom stereocenters. The molecular formula is C13H6ClF6NO2. The molecule has 0 saturated carbocycles. The lowest BCUT2D eigenvalue weighted by Gasteiger charge is -2.13. The Labute approximate surface area is 129 Å². The summed E-state index contributed by atoms with van der Waals surface area (Å²) in [5.74, 6) is -0.577. The Balaban J connectivity index is 2.46. The van der Waals surface area contributed by atoms with Gasteiger partial charge in [-0.3, -0.25) is 9.36 Å². The Bertz CT molecular complexity index is 764. The molecule has 10 heteroatoms. The fourth-order valence-corrected chi connectivity index (χ4v) is 1.91. The first-order valence-corrected chi connectivity index (χ1v) is 6.21. The maximum absolute atomic E-state index is 12.7. The van der Waals surface area contributed by atoms with Crippen molar-refractivity contribution in [2.45, 2.75) is 12.5 Å². The molecule has 1 aromatic heterocycles. The van der Waals surface area contributed by atoms with Crippen molar-refractivity contribution in [2.75, 3.05) is 0 Å². The summed E-state index contributed by atoms with van der Waals surface area (Å²) in [5, 5.41) is -0.671. The van der Waals surface area contributed by atoms with Gasteiger partial charge < -0.3 is 4.74 Å². The van der Waals surface area contributed by atoms with Gasteiger partial charge in [-0.25, -0.2) is 0 Å². The van der Waals surface area contributed by atoms with E-state index in [4.69, 9.17) is 11.6 Å². The van der Waals surface area contributed by atoms with Crippen LogP contribution in [0.15, 0.2) is 41.3 Å². The molecule has 2 aromatic rings. The van der Waals surface area contributed by atoms with Gasteiger partial charge in [-0.05, 0) is 30.3 Å². The maximum Gasteiger partial charge on any atom is 0.573 e. The van der Waals surface area contributed by atoms with Crippen LogP contribution in [0.25, 0.3) is 5.69 Å². The van der Waals surface area contributed by atoms with Crippen LogP contribution in [0.4, 0.5) is 26.3 Å². The lowest BCUT2D eigenvalue weighted by molar-refractivity contribution is -0.274. The number of hydrogen-bond acceptors (Lipinski definition) is 2. The van der Waals surface area contributed by atoms with Crippen LogP contribution in [0.2, 0.25) is 5.02 Å². The number of nitrogens with zero attached hydrogens (tertiary/aromatic N) is 1. The van der Waals surface area contributed by atoms with Crippen LogP contribution in [0.5, 0.6) is 5.75 Å². The molecule has 0 bridgehead atoms. The standard InChI is InChI=1S/C13H6ClF6NO2/c14-10-5-7(12(15,16)17)6-21(11(10)22)8-1-3-9(4-2-8)23-13(18,19)20/h1-6H. The van der Waals surface area contributed by atoms with Crippen molar-refractivity contribution < 1.29 is 31.1 Å². The summed E-state index contributed by atoms with van der Waals surface area (Å²) in [6, 6.07) is 4.20. The van der Waals surface area contributed by atoms with Crippen molar-refractivity contribution in [2.24, 2.45) is 0 Å². The summed E-state index contributed by atoms with van der Waals surface area (Å²) >= 11 is 5.49. The molecule has 0 aliphatic rings. The van der Waals surface area contributed by atoms with E-state index in [1.807, 2.05) is 0 Å². The molecule has 124 valence electrons. The van der Waals surface area contributed by atoms with Crippen LogP contribution in [-0.2, 0) is 6.18 Å². The van der Waals surface area contributed by atoms with E-state index in [1.165, 1.54) is 0 Å². The lowest BCUT2D eigenvalue weighted by Crippen LogP contribution is -2.21. The number of aromatic nitrogens is 1. The van der Waals surface area contributed by atoms with Gasteiger partial charge in [0.1, 0.15) is 10.8 Å². The molecule has 0 saturated heterocycles. The molecule has 0 atom stereocenters. The van der Waals surface area contributed by atoms with Crippen molar-refractivity contribution in [3.8, 4) is 11.4 Å². The zero-order chi connectivity index (χ0) is 17.4. The first-order valence-electron chi connectivity index (χ1n) is 5.83. The monoisotopic (exact) mass is 357 g/mol. The molecule has 0 amide bonds. The molecule has 3 nitrogen and oxygen atoms in total. The van der Waals surface area contributed by atoms with Crippen molar-refractivity contribution in [3.05, 3.63) is 57.5 Å². The topological polar surface area (TPSA) is 31.2 Å². The summed E-state index contributed by atoms with van der Waals surface area (Å²) in [6.07, 6.45) is -9.13. The Morgan fingerprint density at radius 3 is 2.04 bits per heavy atom. The van der Waals surface area contributed by atoms with Crippen LogP contribution in [-0.4, -0.2) is 10.9 Å². The molecule has 2 rings (SSSR count). The highest BCUT2D eigenvalue weighted by molar-refractivity contribution is 6.30. The van der Waals surface area contributed by atoms with E-state index < -0.39 is 34.4 Å². The van der Waals surface area contributed by atoms with E-state index in [-0.39, 0.29) is 5.69 Å².